The maximum absolute atomic E-state index is 10.1. The van der Waals surface area contributed by atoms with Gasteiger partial charge >= 0.3 is 0 Å². The maximum atomic E-state index is 10.1. The van der Waals surface area contributed by atoms with Crippen molar-refractivity contribution in [3.63, 3.8) is 0 Å². The number of methoxy groups -OCH3 is 1. The van der Waals surface area contributed by atoms with Crippen LogP contribution in [-0.2, 0) is 19.0 Å². The van der Waals surface area contributed by atoms with E-state index in [1.807, 2.05) is 13.8 Å². The van der Waals surface area contributed by atoms with Crippen molar-refractivity contribution >= 4 is 6.29 Å². The van der Waals surface area contributed by atoms with Gasteiger partial charge in [0, 0.05) is 7.11 Å². The first kappa shape index (κ1) is 14.3. The highest BCUT2D eigenvalue weighted by Crippen LogP contribution is 2.14. The summed E-state index contributed by atoms with van der Waals surface area (Å²) in [6.07, 6.45) is 4.68. The summed E-state index contributed by atoms with van der Waals surface area (Å²) in [6.45, 7) is 5.22. The Morgan fingerprint density at radius 3 is 2.60 bits per heavy atom. The Labute approximate surface area is 91.2 Å². The Balaban J connectivity index is 3.54. The van der Waals surface area contributed by atoms with Crippen LogP contribution in [0.2, 0.25) is 0 Å². The number of carbonyl (C=O) groups is 1. The van der Waals surface area contributed by atoms with E-state index in [0.29, 0.717) is 19.6 Å². The normalized spacial score (nSPS) is 12.2. The quantitative estimate of drug-likeness (QED) is 0.254. The molecule has 0 aliphatic carbocycles. The lowest BCUT2D eigenvalue weighted by molar-refractivity contribution is -0.131. The second kappa shape index (κ2) is 8.59. The van der Waals surface area contributed by atoms with Crippen molar-refractivity contribution in [1.82, 2.24) is 0 Å². The van der Waals surface area contributed by atoms with Gasteiger partial charge in [-0.25, -0.2) is 0 Å². The lowest BCUT2D eigenvalue weighted by atomic mass is 10.1. The van der Waals surface area contributed by atoms with Gasteiger partial charge in [0.2, 0.25) is 0 Å². The third-order valence-electron chi connectivity index (χ3n) is 1.79. The number of hydrogen-bond acceptors (Lipinski definition) is 4. The molecule has 4 heteroatoms. The number of rotatable bonds is 9. The highest BCUT2D eigenvalue weighted by atomic mass is 16.7. The monoisotopic (exact) mass is 216 g/mol. The van der Waals surface area contributed by atoms with Crippen LogP contribution in [-0.4, -0.2) is 39.0 Å². The molecule has 0 unspecified atom stereocenters. The Morgan fingerprint density at radius 1 is 1.27 bits per heavy atom. The summed E-state index contributed by atoms with van der Waals surface area (Å²) in [5.74, 6) is 0. The molecule has 0 heterocycles. The molecule has 0 aromatic rings. The highest BCUT2D eigenvalue weighted by Gasteiger charge is 2.15. The van der Waals surface area contributed by atoms with Crippen LogP contribution in [0.1, 0.15) is 20.3 Å². The molecule has 0 saturated carbocycles. The molecule has 0 fully saturated rings. The second-order valence-corrected chi connectivity index (χ2v) is 3.69. The van der Waals surface area contributed by atoms with Crippen molar-refractivity contribution in [3.05, 3.63) is 12.2 Å². The van der Waals surface area contributed by atoms with Crippen molar-refractivity contribution in [1.29, 1.82) is 0 Å². The molecular weight excluding hydrogens is 196 g/mol. The minimum Gasteiger partial charge on any atom is -0.382 e. The maximum Gasteiger partial charge on any atom is 0.147 e. The lowest BCUT2D eigenvalue weighted by Crippen LogP contribution is -2.25. The van der Waals surface area contributed by atoms with Crippen LogP contribution in [0.5, 0.6) is 0 Å². The smallest absolute Gasteiger partial charge is 0.147 e. The molecule has 0 rings (SSSR count). The summed E-state index contributed by atoms with van der Waals surface area (Å²) >= 11 is 0. The van der Waals surface area contributed by atoms with Gasteiger partial charge in [-0.15, -0.1) is 0 Å². The van der Waals surface area contributed by atoms with Gasteiger partial charge in [0.1, 0.15) is 13.1 Å². The zero-order chi connectivity index (χ0) is 11.6. The molecule has 0 aliphatic heterocycles. The van der Waals surface area contributed by atoms with Crippen molar-refractivity contribution in [2.24, 2.45) is 0 Å². The third kappa shape index (κ3) is 9.59. The number of allylic oxidation sites excluding steroid dienone is 1. The average molecular weight is 216 g/mol. The van der Waals surface area contributed by atoms with Crippen molar-refractivity contribution in [3.8, 4) is 0 Å². The van der Waals surface area contributed by atoms with Gasteiger partial charge in [-0.3, -0.25) is 4.79 Å². The van der Waals surface area contributed by atoms with Crippen LogP contribution in [0.25, 0.3) is 0 Å². The number of hydrogen-bond donors (Lipinski definition) is 0. The molecule has 4 nitrogen and oxygen atoms in total. The van der Waals surface area contributed by atoms with Gasteiger partial charge in [0.05, 0.1) is 18.8 Å². The highest BCUT2D eigenvalue weighted by molar-refractivity contribution is 5.64. The summed E-state index contributed by atoms with van der Waals surface area (Å²) < 4.78 is 15.5. The van der Waals surface area contributed by atoms with E-state index in [1.54, 1.807) is 13.2 Å². The van der Waals surface area contributed by atoms with Gasteiger partial charge in [0.15, 0.2) is 0 Å². The third-order valence-corrected chi connectivity index (χ3v) is 1.79. The fraction of sp³-hybridized carbons (Fsp3) is 0.727. The lowest BCUT2D eigenvalue weighted by Gasteiger charge is -2.23. The Hall–Kier alpha value is -0.710. The van der Waals surface area contributed by atoms with Crippen LogP contribution in [0.15, 0.2) is 12.2 Å². The van der Waals surface area contributed by atoms with E-state index >= 15 is 0 Å². The van der Waals surface area contributed by atoms with Gasteiger partial charge in [-0.2, -0.15) is 0 Å². The predicted molar refractivity (Wildman–Crippen MR) is 57.7 cm³/mol. The molecule has 0 atom stereocenters. The molecule has 0 amide bonds. The first-order valence-corrected chi connectivity index (χ1v) is 4.93. The first-order valence-electron chi connectivity index (χ1n) is 4.93. The number of aldehydes is 1. The van der Waals surface area contributed by atoms with E-state index in [2.05, 4.69) is 0 Å². The molecule has 0 saturated heterocycles. The topological polar surface area (TPSA) is 44.8 Å². The van der Waals surface area contributed by atoms with E-state index in [0.717, 1.165) is 6.29 Å². The second-order valence-electron chi connectivity index (χ2n) is 3.69. The van der Waals surface area contributed by atoms with Crippen LogP contribution in [0.3, 0.4) is 0 Å². The average Bonchev–Trinajstić information content (AvgIpc) is 2.17. The Morgan fingerprint density at radius 2 is 2.00 bits per heavy atom. The fourth-order valence-corrected chi connectivity index (χ4v) is 0.869. The Bertz CT molecular complexity index is 187. The molecule has 0 aromatic carbocycles. The van der Waals surface area contributed by atoms with E-state index < -0.39 is 0 Å². The molecular formula is C11H20O4. The van der Waals surface area contributed by atoms with E-state index in [1.165, 1.54) is 6.08 Å². The summed E-state index contributed by atoms with van der Waals surface area (Å²) in [5.41, 5.74) is -0.313. The zero-order valence-corrected chi connectivity index (χ0v) is 9.69. The van der Waals surface area contributed by atoms with Crippen LogP contribution in [0.4, 0.5) is 0 Å². The SMILES string of the molecule is COCCOCOC(C)(C)C/C=C/C=O. The number of carbonyl (C=O) groups excluding carboxylic acids is 1. The standard InChI is InChI=1S/C11H20O4/c1-11(2,6-4-5-7-12)15-10-14-9-8-13-3/h4-5,7H,6,8-10H2,1-3H3/b5-4+. The molecule has 0 aromatic heterocycles. The molecule has 88 valence electrons. The molecule has 0 bridgehead atoms. The first-order chi connectivity index (χ1) is 7.12. The Kier molecular flexibility index (Phi) is 8.18. The van der Waals surface area contributed by atoms with Crippen LogP contribution in [0, 0.1) is 0 Å². The molecule has 0 spiro atoms. The minimum absolute atomic E-state index is 0.241. The zero-order valence-electron chi connectivity index (χ0n) is 9.69. The predicted octanol–water partition coefficient (Wildman–Crippen LogP) is 1.55. The summed E-state index contributed by atoms with van der Waals surface area (Å²) in [5, 5.41) is 0. The van der Waals surface area contributed by atoms with E-state index in [-0.39, 0.29) is 12.4 Å². The van der Waals surface area contributed by atoms with Crippen LogP contribution < -0.4 is 0 Å². The van der Waals surface area contributed by atoms with Gasteiger partial charge < -0.3 is 14.2 Å². The summed E-state index contributed by atoms with van der Waals surface area (Å²) in [7, 11) is 1.62. The van der Waals surface area contributed by atoms with Crippen molar-refractivity contribution in [2.45, 2.75) is 25.9 Å². The number of ether oxygens (including phenoxy) is 3. The molecule has 0 aliphatic rings. The fourth-order valence-electron chi connectivity index (χ4n) is 0.869. The van der Waals surface area contributed by atoms with E-state index in [9.17, 15) is 4.79 Å². The van der Waals surface area contributed by atoms with E-state index in [4.69, 9.17) is 14.2 Å². The van der Waals surface area contributed by atoms with Crippen LogP contribution >= 0.6 is 0 Å². The van der Waals surface area contributed by atoms with Crippen molar-refractivity contribution < 1.29 is 19.0 Å². The van der Waals surface area contributed by atoms with Gasteiger partial charge in [-0.1, -0.05) is 6.08 Å². The minimum atomic E-state index is -0.313. The molecule has 0 radical (unpaired) electrons. The molecule has 15 heavy (non-hydrogen) atoms. The van der Waals surface area contributed by atoms with Crippen molar-refractivity contribution in [2.75, 3.05) is 27.1 Å². The largest absolute Gasteiger partial charge is 0.382 e. The summed E-state index contributed by atoms with van der Waals surface area (Å²) in [6, 6.07) is 0. The van der Waals surface area contributed by atoms with Gasteiger partial charge in [0.25, 0.3) is 0 Å². The molecule has 0 N–H and O–H groups in total. The summed E-state index contributed by atoms with van der Waals surface area (Å²) in [4.78, 5) is 10.1. The van der Waals surface area contributed by atoms with Gasteiger partial charge in [-0.05, 0) is 26.3 Å².